The molecule has 0 saturated heterocycles. The molecule has 25 heavy (non-hydrogen) atoms. The van der Waals surface area contributed by atoms with Crippen molar-refractivity contribution in [2.45, 2.75) is 45.3 Å². The molecule has 1 fully saturated rings. The van der Waals surface area contributed by atoms with Gasteiger partial charge in [-0.1, -0.05) is 29.8 Å². The van der Waals surface area contributed by atoms with Crippen molar-refractivity contribution in [3.8, 4) is 0 Å². The van der Waals surface area contributed by atoms with Crippen LogP contribution in [0.3, 0.4) is 0 Å². The summed E-state index contributed by atoms with van der Waals surface area (Å²) in [5, 5.41) is 7.28. The van der Waals surface area contributed by atoms with Crippen LogP contribution in [0.5, 0.6) is 0 Å². The van der Waals surface area contributed by atoms with E-state index in [1.165, 1.54) is 5.56 Å². The van der Waals surface area contributed by atoms with Crippen molar-refractivity contribution in [3.05, 3.63) is 52.8 Å². The summed E-state index contributed by atoms with van der Waals surface area (Å²) in [6, 6.07) is 10.1. The maximum atomic E-state index is 12.9. The molecule has 0 unspecified atom stereocenters. The minimum absolute atomic E-state index is 0.0592. The van der Waals surface area contributed by atoms with Crippen LogP contribution < -0.4 is 5.32 Å². The van der Waals surface area contributed by atoms with Crippen LogP contribution in [0.15, 0.2) is 30.3 Å². The third kappa shape index (κ3) is 3.43. The van der Waals surface area contributed by atoms with Gasteiger partial charge >= 0.3 is 0 Å². The number of amides is 2. The van der Waals surface area contributed by atoms with E-state index in [0.717, 1.165) is 24.8 Å². The highest BCUT2D eigenvalue weighted by Crippen LogP contribution is 2.20. The number of hydrogen-bond acceptors (Lipinski definition) is 3. The van der Waals surface area contributed by atoms with Gasteiger partial charge in [0.15, 0.2) is 5.69 Å². The summed E-state index contributed by atoms with van der Waals surface area (Å²) >= 11 is 0. The number of rotatable bonds is 4. The monoisotopic (exact) mass is 338 g/mol. The zero-order valence-corrected chi connectivity index (χ0v) is 14.4. The van der Waals surface area contributed by atoms with E-state index in [9.17, 15) is 9.59 Å². The average molecular weight is 338 g/mol. The Kier molecular flexibility index (Phi) is 4.03. The summed E-state index contributed by atoms with van der Waals surface area (Å²) in [5.41, 5.74) is 3.16. The number of aromatic nitrogens is 2. The second-order valence-corrected chi connectivity index (χ2v) is 6.95. The first-order chi connectivity index (χ1) is 12.1. The molecule has 4 rings (SSSR count). The summed E-state index contributed by atoms with van der Waals surface area (Å²) in [6.45, 7) is 3.98. The van der Waals surface area contributed by atoms with Crippen molar-refractivity contribution in [1.29, 1.82) is 0 Å². The minimum Gasteiger partial charge on any atom is -0.348 e. The van der Waals surface area contributed by atoms with E-state index in [4.69, 9.17) is 0 Å². The fourth-order valence-electron chi connectivity index (χ4n) is 3.10. The van der Waals surface area contributed by atoms with Gasteiger partial charge in [-0.3, -0.25) is 14.3 Å². The predicted molar refractivity (Wildman–Crippen MR) is 93.3 cm³/mol. The van der Waals surface area contributed by atoms with Crippen molar-refractivity contribution < 1.29 is 9.59 Å². The second-order valence-electron chi connectivity index (χ2n) is 6.95. The molecule has 0 spiro atoms. The zero-order valence-electron chi connectivity index (χ0n) is 14.4. The van der Waals surface area contributed by atoms with Crippen molar-refractivity contribution in [2.24, 2.45) is 0 Å². The van der Waals surface area contributed by atoms with Gasteiger partial charge in [0.25, 0.3) is 11.8 Å². The van der Waals surface area contributed by atoms with E-state index < -0.39 is 0 Å². The molecule has 2 amide bonds. The van der Waals surface area contributed by atoms with Gasteiger partial charge in [-0.2, -0.15) is 5.10 Å². The summed E-state index contributed by atoms with van der Waals surface area (Å²) in [7, 11) is 0. The Balaban J connectivity index is 1.53. The molecule has 1 aromatic heterocycles. The van der Waals surface area contributed by atoms with Crippen LogP contribution in [0.4, 0.5) is 0 Å². The molecule has 130 valence electrons. The SMILES string of the molecule is Cc1ccc(CN2CCCn3nc(C(=O)NC4CC4)cc3C2=O)cc1. The van der Waals surface area contributed by atoms with Crippen molar-refractivity contribution in [1.82, 2.24) is 20.0 Å². The maximum Gasteiger partial charge on any atom is 0.272 e. The normalized spacial score (nSPS) is 17.2. The Labute approximate surface area is 146 Å². The van der Waals surface area contributed by atoms with E-state index in [1.807, 2.05) is 11.8 Å². The Morgan fingerprint density at radius 2 is 2.00 bits per heavy atom. The molecule has 0 bridgehead atoms. The molecule has 2 aromatic rings. The van der Waals surface area contributed by atoms with Crippen molar-refractivity contribution >= 4 is 11.8 Å². The highest BCUT2D eigenvalue weighted by Gasteiger charge is 2.29. The number of benzene rings is 1. The number of hydrogen-bond donors (Lipinski definition) is 1. The first kappa shape index (κ1) is 15.9. The van der Waals surface area contributed by atoms with Gasteiger partial charge in [0, 0.05) is 31.7 Å². The molecule has 0 atom stereocenters. The van der Waals surface area contributed by atoms with Crippen LogP contribution >= 0.6 is 0 Å². The lowest BCUT2D eigenvalue weighted by Crippen LogP contribution is -2.30. The van der Waals surface area contributed by atoms with E-state index in [1.54, 1.807) is 10.7 Å². The molecular weight excluding hydrogens is 316 g/mol. The van der Waals surface area contributed by atoms with Crippen molar-refractivity contribution in [2.75, 3.05) is 6.54 Å². The smallest absolute Gasteiger partial charge is 0.272 e. The van der Waals surface area contributed by atoms with Crippen molar-refractivity contribution in [3.63, 3.8) is 0 Å². The number of nitrogens with one attached hydrogen (secondary N) is 1. The van der Waals surface area contributed by atoms with Gasteiger partial charge in [-0.25, -0.2) is 0 Å². The minimum atomic E-state index is -0.180. The molecule has 6 heteroatoms. The predicted octanol–water partition coefficient (Wildman–Crippen LogP) is 2.13. The summed E-state index contributed by atoms with van der Waals surface area (Å²) in [4.78, 5) is 27.0. The number of carbonyl (C=O) groups excluding carboxylic acids is 2. The molecule has 1 aromatic carbocycles. The third-order valence-electron chi connectivity index (χ3n) is 4.72. The maximum absolute atomic E-state index is 12.9. The molecule has 1 aliphatic heterocycles. The molecule has 2 aliphatic rings. The van der Waals surface area contributed by atoms with E-state index in [0.29, 0.717) is 31.0 Å². The molecular formula is C19H22N4O2. The fraction of sp³-hybridized carbons (Fsp3) is 0.421. The average Bonchev–Trinajstić information content (AvgIpc) is 3.33. The first-order valence-corrected chi connectivity index (χ1v) is 8.84. The van der Waals surface area contributed by atoms with E-state index in [2.05, 4.69) is 34.7 Å². The fourth-order valence-corrected chi connectivity index (χ4v) is 3.10. The van der Waals surface area contributed by atoms with E-state index >= 15 is 0 Å². The zero-order chi connectivity index (χ0) is 17.4. The summed E-state index contributed by atoms with van der Waals surface area (Å²) in [6.07, 6.45) is 2.89. The van der Waals surface area contributed by atoms with Crippen LogP contribution in [-0.4, -0.2) is 39.1 Å². The molecule has 1 aliphatic carbocycles. The standard InChI is InChI=1S/C19H22N4O2/c1-13-3-5-14(6-4-13)12-22-9-2-10-23-17(19(22)25)11-16(21-23)18(24)20-15-7-8-15/h3-6,11,15H,2,7-10,12H2,1H3,(H,20,24). The summed E-state index contributed by atoms with van der Waals surface area (Å²) in [5.74, 6) is -0.239. The quantitative estimate of drug-likeness (QED) is 0.929. The molecule has 1 N–H and O–H groups in total. The largest absolute Gasteiger partial charge is 0.348 e. The highest BCUT2D eigenvalue weighted by molar-refractivity contribution is 5.98. The van der Waals surface area contributed by atoms with Gasteiger partial charge in [-0.05, 0) is 31.7 Å². The lowest BCUT2D eigenvalue weighted by molar-refractivity contribution is 0.0745. The highest BCUT2D eigenvalue weighted by atomic mass is 16.2. The topological polar surface area (TPSA) is 67.2 Å². The van der Waals surface area contributed by atoms with Gasteiger partial charge < -0.3 is 10.2 Å². The molecule has 6 nitrogen and oxygen atoms in total. The van der Waals surface area contributed by atoms with Crippen LogP contribution in [0.1, 0.15) is 51.4 Å². The van der Waals surface area contributed by atoms with Gasteiger partial charge in [0.05, 0.1) is 0 Å². The Morgan fingerprint density at radius 3 is 2.72 bits per heavy atom. The Bertz CT molecular complexity index is 805. The van der Waals surface area contributed by atoms with Gasteiger partial charge in [0.1, 0.15) is 5.69 Å². The first-order valence-electron chi connectivity index (χ1n) is 8.84. The number of carbonyl (C=O) groups is 2. The molecule has 0 radical (unpaired) electrons. The Morgan fingerprint density at radius 1 is 1.24 bits per heavy atom. The second kappa shape index (κ2) is 6.35. The van der Waals surface area contributed by atoms with Crippen LogP contribution in [0.25, 0.3) is 0 Å². The number of nitrogens with zero attached hydrogens (tertiary/aromatic N) is 3. The van der Waals surface area contributed by atoms with Gasteiger partial charge in [0.2, 0.25) is 0 Å². The van der Waals surface area contributed by atoms with Crippen LogP contribution in [0.2, 0.25) is 0 Å². The third-order valence-corrected chi connectivity index (χ3v) is 4.72. The van der Waals surface area contributed by atoms with Crippen LogP contribution in [0, 0.1) is 6.92 Å². The number of aryl methyl sites for hydroxylation is 2. The molecule has 2 heterocycles. The number of fused-ring (bicyclic) bond motifs is 1. The Hall–Kier alpha value is -2.63. The van der Waals surface area contributed by atoms with Gasteiger partial charge in [-0.15, -0.1) is 0 Å². The summed E-state index contributed by atoms with van der Waals surface area (Å²) < 4.78 is 1.68. The lowest BCUT2D eigenvalue weighted by Gasteiger charge is -2.20. The lowest BCUT2D eigenvalue weighted by atomic mass is 10.1. The molecule has 1 saturated carbocycles. The van der Waals surface area contributed by atoms with Crippen LogP contribution in [-0.2, 0) is 13.1 Å². The van der Waals surface area contributed by atoms with E-state index in [-0.39, 0.29) is 17.9 Å².